The summed E-state index contributed by atoms with van der Waals surface area (Å²) in [7, 11) is 0. The van der Waals surface area contributed by atoms with Gasteiger partial charge in [-0.1, -0.05) is 12.1 Å². The van der Waals surface area contributed by atoms with Crippen LogP contribution in [0.1, 0.15) is 15.9 Å². The summed E-state index contributed by atoms with van der Waals surface area (Å²) in [5, 5.41) is 2.80. The Labute approximate surface area is 135 Å². The topological polar surface area (TPSA) is 71.8 Å². The molecule has 0 radical (unpaired) electrons. The van der Waals surface area contributed by atoms with E-state index in [1.165, 1.54) is 6.26 Å². The molecule has 0 aliphatic carbocycles. The molecule has 0 spiro atoms. The minimum Gasteiger partial charge on any atom is -0.457 e. The normalized spacial score (nSPS) is 14.0. The van der Waals surface area contributed by atoms with E-state index in [2.05, 4.69) is 21.2 Å². The Morgan fingerprint density at radius 3 is 2.91 bits per heavy atom. The van der Waals surface area contributed by atoms with Gasteiger partial charge >= 0.3 is 6.09 Å². The highest BCUT2D eigenvalue weighted by Crippen LogP contribution is 2.20. The number of halogens is 1. The number of hydrogen-bond acceptors (Lipinski definition) is 4. The number of benzene rings is 1. The van der Waals surface area contributed by atoms with Gasteiger partial charge in [0.1, 0.15) is 12.9 Å². The molecule has 0 bridgehead atoms. The number of nitrogens with zero attached hydrogens (tertiary/aromatic N) is 1. The van der Waals surface area contributed by atoms with E-state index in [9.17, 15) is 9.59 Å². The number of furan rings is 1. The lowest BCUT2D eigenvalue weighted by atomic mass is 10.2. The number of cyclic esters (lactones) is 1. The van der Waals surface area contributed by atoms with Crippen LogP contribution < -0.4 is 10.2 Å². The van der Waals surface area contributed by atoms with E-state index in [-0.39, 0.29) is 12.0 Å². The lowest BCUT2D eigenvalue weighted by molar-refractivity contribution is 0.0950. The summed E-state index contributed by atoms with van der Waals surface area (Å²) >= 11 is 3.15. The SMILES string of the molecule is O=C(NCc1cccc(N2CCOC2=O)c1)c1coc(Br)c1. The lowest BCUT2D eigenvalue weighted by Gasteiger charge is -2.14. The van der Waals surface area contributed by atoms with E-state index in [1.807, 2.05) is 24.3 Å². The number of hydrogen-bond donors (Lipinski definition) is 1. The second kappa shape index (κ2) is 6.23. The van der Waals surface area contributed by atoms with Crippen molar-refractivity contribution in [2.24, 2.45) is 0 Å². The second-order valence-corrected chi connectivity index (χ2v) is 5.54. The van der Waals surface area contributed by atoms with Crippen LogP contribution in [0.4, 0.5) is 10.5 Å². The van der Waals surface area contributed by atoms with Gasteiger partial charge in [0.05, 0.1) is 12.1 Å². The van der Waals surface area contributed by atoms with Crippen molar-refractivity contribution < 1.29 is 18.7 Å². The molecule has 22 heavy (non-hydrogen) atoms. The smallest absolute Gasteiger partial charge is 0.414 e. The molecule has 1 N–H and O–H groups in total. The van der Waals surface area contributed by atoms with Crippen molar-refractivity contribution >= 4 is 33.6 Å². The fraction of sp³-hybridized carbons (Fsp3) is 0.200. The van der Waals surface area contributed by atoms with E-state index in [0.717, 1.165) is 11.3 Å². The van der Waals surface area contributed by atoms with E-state index >= 15 is 0 Å². The van der Waals surface area contributed by atoms with Crippen LogP contribution in [-0.2, 0) is 11.3 Å². The van der Waals surface area contributed by atoms with Crippen molar-refractivity contribution in [2.75, 3.05) is 18.1 Å². The van der Waals surface area contributed by atoms with Gasteiger partial charge in [-0.15, -0.1) is 0 Å². The maximum Gasteiger partial charge on any atom is 0.414 e. The van der Waals surface area contributed by atoms with Crippen LogP contribution in [0.2, 0.25) is 0 Å². The molecule has 1 aromatic heterocycles. The summed E-state index contributed by atoms with van der Waals surface area (Å²) in [6, 6.07) is 9.03. The highest BCUT2D eigenvalue weighted by molar-refractivity contribution is 9.10. The molecule has 2 heterocycles. The lowest BCUT2D eigenvalue weighted by Crippen LogP contribution is -2.24. The third-order valence-corrected chi connectivity index (χ3v) is 3.68. The fourth-order valence-electron chi connectivity index (χ4n) is 2.18. The van der Waals surface area contributed by atoms with E-state index in [0.29, 0.717) is 29.9 Å². The fourth-order valence-corrected chi connectivity index (χ4v) is 2.52. The predicted octanol–water partition coefficient (Wildman–Crippen LogP) is 2.93. The van der Waals surface area contributed by atoms with Gasteiger partial charge in [-0.3, -0.25) is 9.69 Å². The Kier molecular flexibility index (Phi) is 4.15. The van der Waals surface area contributed by atoms with Gasteiger partial charge in [0.25, 0.3) is 5.91 Å². The van der Waals surface area contributed by atoms with Gasteiger partial charge in [-0.05, 0) is 33.6 Å². The van der Waals surface area contributed by atoms with Crippen molar-refractivity contribution in [2.45, 2.75) is 6.54 Å². The largest absolute Gasteiger partial charge is 0.457 e. The summed E-state index contributed by atoms with van der Waals surface area (Å²) in [4.78, 5) is 25.1. The van der Waals surface area contributed by atoms with Crippen LogP contribution in [0.25, 0.3) is 0 Å². The first kappa shape index (κ1) is 14.6. The quantitative estimate of drug-likeness (QED) is 0.905. The van der Waals surface area contributed by atoms with Gasteiger partial charge in [-0.25, -0.2) is 4.79 Å². The molecule has 0 atom stereocenters. The van der Waals surface area contributed by atoms with Crippen LogP contribution in [0, 0.1) is 0 Å². The Balaban J connectivity index is 1.65. The number of nitrogens with one attached hydrogen (secondary N) is 1. The molecule has 7 heteroatoms. The molecule has 1 saturated heterocycles. The molecule has 2 amide bonds. The zero-order chi connectivity index (χ0) is 15.5. The van der Waals surface area contributed by atoms with Crippen molar-refractivity contribution in [3.63, 3.8) is 0 Å². The number of rotatable bonds is 4. The Morgan fingerprint density at radius 1 is 1.36 bits per heavy atom. The molecule has 0 saturated carbocycles. The number of carbonyl (C=O) groups is 2. The molecular formula is C15H13BrN2O4. The molecule has 114 valence electrons. The van der Waals surface area contributed by atoms with Gasteiger partial charge in [-0.2, -0.15) is 0 Å². The van der Waals surface area contributed by atoms with Crippen LogP contribution in [-0.4, -0.2) is 25.2 Å². The molecule has 3 rings (SSSR count). The maximum atomic E-state index is 11.9. The summed E-state index contributed by atoms with van der Waals surface area (Å²) in [6.07, 6.45) is 1.04. The first-order chi connectivity index (χ1) is 10.6. The highest BCUT2D eigenvalue weighted by atomic mass is 79.9. The van der Waals surface area contributed by atoms with Crippen LogP contribution in [0.3, 0.4) is 0 Å². The van der Waals surface area contributed by atoms with E-state index in [4.69, 9.17) is 9.15 Å². The Morgan fingerprint density at radius 2 is 2.23 bits per heavy atom. The van der Waals surface area contributed by atoms with Crippen LogP contribution >= 0.6 is 15.9 Å². The summed E-state index contributed by atoms with van der Waals surface area (Å²) in [5.41, 5.74) is 2.11. The molecule has 6 nitrogen and oxygen atoms in total. The third-order valence-electron chi connectivity index (χ3n) is 3.27. The van der Waals surface area contributed by atoms with Crippen molar-refractivity contribution in [3.05, 3.63) is 52.4 Å². The summed E-state index contributed by atoms with van der Waals surface area (Å²) < 4.78 is 10.5. The number of ether oxygens (including phenoxy) is 1. The number of amides is 2. The van der Waals surface area contributed by atoms with Crippen molar-refractivity contribution in [1.82, 2.24) is 5.32 Å². The van der Waals surface area contributed by atoms with E-state index < -0.39 is 0 Å². The van der Waals surface area contributed by atoms with Crippen molar-refractivity contribution in [1.29, 1.82) is 0 Å². The average Bonchev–Trinajstić information content (AvgIpc) is 3.13. The summed E-state index contributed by atoms with van der Waals surface area (Å²) in [5.74, 6) is -0.222. The van der Waals surface area contributed by atoms with E-state index in [1.54, 1.807) is 11.0 Å². The van der Waals surface area contributed by atoms with Gasteiger partial charge in [0.2, 0.25) is 0 Å². The first-order valence-corrected chi connectivity index (χ1v) is 7.48. The zero-order valence-corrected chi connectivity index (χ0v) is 13.1. The first-order valence-electron chi connectivity index (χ1n) is 6.69. The second-order valence-electron chi connectivity index (χ2n) is 4.76. The molecule has 1 fully saturated rings. The summed E-state index contributed by atoms with van der Waals surface area (Å²) in [6.45, 7) is 1.30. The average molecular weight is 365 g/mol. The number of carbonyl (C=O) groups excluding carboxylic acids is 2. The standard InChI is InChI=1S/C15H13BrN2O4/c16-13-7-11(9-22-13)14(19)17-8-10-2-1-3-12(6-10)18-4-5-21-15(18)20/h1-3,6-7,9H,4-5,8H2,(H,17,19). The highest BCUT2D eigenvalue weighted by Gasteiger charge is 2.23. The predicted molar refractivity (Wildman–Crippen MR) is 82.7 cm³/mol. The van der Waals surface area contributed by atoms with Gasteiger partial charge in [0, 0.05) is 18.3 Å². The minimum atomic E-state index is -0.343. The molecule has 1 aromatic carbocycles. The Hall–Kier alpha value is -2.28. The Bertz CT molecular complexity index is 713. The van der Waals surface area contributed by atoms with Crippen molar-refractivity contribution in [3.8, 4) is 0 Å². The molecule has 1 aliphatic heterocycles. The third kappa shape index (κ3) is 3.14. The van der Waals surface area contributed by atoms with Crippen LogP contribution in [0.15, 0.2) is 45.7 Å². The van der Waals surface area contributed by atoms with Gasteiger partial charge in [0.15, 0.2) is 4.67 Å². The zero-order valence-electron chi connectivity index (χ0n) is 11.5. The minimum absolute atomic E-state index is 0.222. The molecule has 0 unspecified atom stereocenters. The van der Waals surface area contributed by atoms with Gasteiger partial charge < -0.3 is 14.5 Å². The monoisotopic (exact) mass is 364 g/mol. The maximum absolute atomic E-state index is 11.9. The number of anilines is 1. The molecular weight excluding hydrogens is 352 g/mol. The molecule has 1 aliphatic rings. The molecule has 2 aromatic rings. The van der Waals surface area contributed by atoms with Crippen LogP contribution in [0.5, 0.6) is 0 Å².